The van der Waals surface area contributed by atoms with Crippen molar-refractivity contribution in [3.05, 3.63) is 29.3 Å². The maximum absolute atomic E-state index is 6.15. The summed E-state index contributed by atoms with van der Waals surface area (Å²) in [6.45, 7) is 4.38. The first kappa shape index (κ1) is 12.7. The minimum atomic E-state index is 0.141. The van der Waals surface area contributed by atoms with Gasteiger partial charge in [-0.3, -0.25) is 0 Å². The zero-order chi connectivity index (χ0) is 12.5. The van der Waals surface area contributed by atoms with Crippen molar-refractivity contribution in [1.29, 1.82) is 0 Å². The van der Waals surface area contributed by atoms with Gasteiger partial charge in [-0.1, -0.05) is 31.5 Å². The van der Waals surface area contributed by atoms with Gasteiger partial charge in [-0.2, -0.15) is 0 Å². The van der Waals surface area contributed by atoms with Crippen LogP contribution < -0.4 is 10.5 Å². The third-order valence-corrected chi connectivity index (χ3v) is 4.47. The molecule has 0 aromatic heterocycles. The lowest BCUT2D eigenvalue weighted by molar-refractivity contribution is -0.0722. The molecule has 1 aliphatic carbocycles. The van der Waals surface area contributed by atoms with Gasteiger partial charge in [-0.25, -0.2) is 0 Å². The van der Waals surface area contributed by atoms with E-state index in [2.05, 4.69) is 13.8 Å². The van der Waals surface area contributed by atoms with Crippen molar-refractivity contribution < 1.29 is 4.74 Å². The lowest BCUT2D eigenvalue weighted by Gasteiger charge is -2.53. The quantitative estimate of drug-likeness (QED) is 0.890. The minimum Gasteiger partial charge on any atom is -0.490 e. The lowest BCUT2D eigenvalue weighted by Crippen LogP contribution is -2.62. The van der Waals surface area contributed by atoms with Gasteiger partial charge < -0.3 is 10.5 Å². The molecule has 0 heterocycles. The van der Waals surface area contributed by atoms with Gasteiger partial charge in [0.15, 0.2) is 0 Å². The lowest BCUT2D eigenvalue weighted by atomic mass is 9.59. The summed E-state index contributed by atoms with van der Waals surface area (Å²) >= 11 is 5.95. The summed E-state index contributed by atoms with van der Waals surface area (Å²) in [6, 6.07) is 7.85. The van der Waals surface area contributed by atoms with E-state index in [0.29, 0.717) is 5.02 Å². The topological polar surface area (TPSA) is 35.2 Å². The second-order valence-corrected chi connectivity index (χ2v) is 5.28. The van der Waals surface area contributed by atoms with Crippen LogP contribution in [0.3, 0.4) is 0 Å². The van der Waals surface area contributed by atoms with E-state index in [-0.39, 0.29) is 17.6 Å². The van der Waals surface area contributed by atoms with Crippen LogP contribution in [0.5, 0.6) is 5.75 Å². The molecular formula is C14H20ClNO. The summed E-state index contributed by atoms with van der Waals surface area (Å²) in [5.41, 5.74) is 6.29. The van der Waals surface area contributed by atoms with E-state index in [1.165, 1.54) is 0 Å². The summed E-state index contributed by atoms with van der Waals surface area (Å²) in [7, 11) is 0. The molecule has 0 spiro atoms. The Balaban J connectivity index is 2.10. The molecule has 0 amide bonds. The van der Waals surface area contributed by atoms with Crippen molar-refractivity contribution in [3.8, 4) is 5.75 Å². The molecule has 0 radical (unpaired) electrons. The van der Waals surface area contributed by atoms with Gasteiger partial charge in [0, 0.05) is 22.9 Å². The SMILES string of the molecule is CCC1(CC)C(N)CC1Oc1cccc(Cl)c1. The number of nitrogens with two attached hydrogens (primary N) is 1. The summed E-state index contributed by atoms with van der Waals surface area (Å²) in [4.78, 5) is 0. The molecule has 1 aliphatic rings. The van der Waals surface area contributed by atoms with E-state index < -0.39 is 0 Å². The Labute approximate surface area is 108 Å². The van der Waals surface area contributed by atoms with Gasteiger partial charge in [0.2, 0.25) is 0 Å². The molecule has 1 saturated carbocycles. The molecule has 2 N–H and O–H groups in total. The first-order valence-electron chi connectivity index (χ1n) is 6.30. The van der Waals surface area contributed by atoms with E-state index in [0.717, 1.165) is 25.0 Å². The van der Waals surface area contributed by atoms with Gasteiger partial charge in [0.25, 0.3) is 0 Å². The van der Waals surface area contributed by atoms with Crippen LogP contribution in [0.25, 0.3) is 0 Å². The van der Waals surface area contributed by atoms with Crippen LogP contribution in [-0.4, -0.2) is 12.1 Å². The largest absolute Gasteiger partial charge is 0.490 e. The first-order chi connectivity index (χ1) is 8.12. The first-order valence-corrected chi connectivity index (χ1v) is 6.68. The van der Waals surface area contributed by atoms with Crippen LogP contribution in [0, 0.1) is 5.41 Å². The number of benzene rings is 1. The fourth-order valence-corrected chi connectivity index (χ4v) is 3.06. The highest BCUT2D eigenvalue weighted by atomic mass is 35.5. The monoisotopic (exact) mass is 253 g/mol. The zero-order valence-corrected chi connectivity index (χ0v) is 11.2. The smallest absolute Gasteiger partial charge is 0.121 e. The molecule has 17 heavy (non-hydrogen) atoms. The van der Waals surface area contributed by atoms with Crippen molar-refractivity contribution in [2.75, 3.05) is 0 Å². The van der Waals surface area contributed by atoms with E-state index in [1.807, 2.05) is 24.3 Å². The highest BCUT2D eigenvalue weighted by Crippen LogP contribution is 2.47. The van der Waals surface area contributed by atoms with Gasteiger partial charge in [-0.05, 0) is 31.0 Å². The van der Waals surface area contributed by atoms with Crippen LogP contribution in [0.2, 0.25) is 5.02 Å². The van der Waals surface area contributed by atoms with Crippen molar-refractivity contribution in [1.82, 2.24) is 0 Å². The fourth-order valence-electron chi connectivity index (χ4n) is 2.88. The number of hydrogen-bond acceptors (Lipinski definition) is 2. The third-order valence-electron chi connectivity index (χ3n) is 4.24. The Hall–Kier alpha value is -0.730. The van der Waals surface area contributed by atoms with Crippen LogP contribution in [0.4, 0.5) is 0 Å². The van der Waals surface area contributed by atoms with Crippen molar-refractivity contribution >= 4 is 11.6 Å². The number of ether oxygens (including phenoxy) is 1. The standard InChI is InChI=1S/C14H20ClNO/c1-3-14(4-2)12(16)9-13(14)17-11-7-5-6-10(15)8-11/h5-8,12-13H,3-4,9,16H2,1-2H3. The van der Waals surface area contributed by atoms with E-state index in [4.69, 9.17) is 22.1 Å². The zero-order valence-electron chi connectivity index (χ0n) is 10.4. The maximum atomic E-state index is 6.15. The summed E-state index contributed by atoms with van der Waals surface area (Å²) in [5.74, 6) is 0.848. The minimum absolute atomic E-state index is 0.141. The Bertz CT molecular complexity index is 390. The van der Waals surface area contributed by atoms with Crippen LogP contribution in [-0.2, 0) is 0 Å². The third kappa shape index (κ3) is 2.16. The Morgan fingerprint density at radius 2 is 2.12 bits per heavy atom. The summed E-state index contributed by atoms with van der Waals surface area (Å²) in [6.07, 6.45) is 3.30. The second kappa shape index (κ2) is 4.87. The molecule has 2 nitrogen and oxygen atoms in total. The van der Waals surface area contributed by atoms with Crippen LogP contribution >= 0.6 is 11.6 Å². The molecular weight excluding hydrogens is 234 g/mol. The van der Waals surface area contributed by atoms with Gasteiger partial charge in [-0.15, -0.1) is 0 Å². The van der Waals surface area contributed by atoms with Gasteiger partial charge in [0.05, 0.1) is 0 Å². The average molecular weight is 254 g/mol. The van der Waals surface area contributed by atoms with Gasteiger partial charge >= 0.3 is 0 Å². The van der Waals surface area contributed by atoms with E-state index in [1.54, 1.807) is 0 Å². The Morgan fingerprint density at radius 3 is 2.65 bits per heavy atom. The Kier molecular flexibility index (Phi) is 3.64. The average Bonchev–Trinajstić information content (AvgIpc) is 2.30. The fraction of sp³-hybridized carbons (Fsp3) is 0.571. The molecule has 2 atom stereocenters. The molecule has 1 aromatic rings. The Morgan fingerprint density at radius 1 is 1.41 bits per heavy atom. The predicted molar refractivity (Wildman–Crippen MR) is 71.5 cm³/mol. The van der Waals surface area contributed by atoms with E-state index >= 15 is 0 Å². The molecule has 1 aromatic carbocycles. The summed E-state index contributed by atoms with van der Waals surface area (Å²) < 4.78 is 6.03. The summed E-state index contributed by atoms with van der Waals surface area (Å²) in [5, 5.41) is 0.713. The van der Waals surface area contributed by atoms with Crippen LogP contribution in [0.1, 0.15) is 33.1 Å². The number of hydrogen-bond donors (Lipinski definition) is 1. The molecule has 1 fully saturated rings. The van der Waals surface area contributed by atoms with Crippen molar-refractivity contribution in [2.24, 2.45) is 11.1 Å². The van der Waals surface area contributed by atoms with Gasteiger partial charge in [0.1, 0.15) is 11.9 Å². The highest BCUT2D eigenvalue weighted by Gasteiger charge is 2.52. The predicted octanol–water partition coefficient (Wildman–Crippen LogP) is 3.62. The molecule has 0 saturated heterocycles. The van der Waals surface area contributed by atoms with Crippen LogP contribution in [0.15, 0.2) is 24.3 Å². The normalized spacial score (nSPS) is 26.4. The molecule has 2 unspecified atom stereocenters. The van der Waals surface area contributed by atoms with E-state index in [9.17, 15) is 0 Å². The number of halogens is 1. The molecule has 94 valence electrons. The highest BCUT2D eigenvalue weighted by molar-refractivity contribution is 6.30. The molecule has 0 aliphatic heterocycles. The maximum Gasteiger partial charge on any atom is 0.121 e. The second-order valence-electron chi connectivity index (χ2n) is 4.85. The van der Waals surface area contributed by atoms with Crippen molar-refractivity contribution in [2.45, 2.75) is 45.3 Å². The number of rotatable bonds is 4. The molecule has 2 rings (SSSR count). The molecule has 3 heteroatoms. The van der Waals surface area contributed by atoms with Crippen molar-refractivity contribution in [3.63, 3.8) is 0 Å². The molecule has 0 bridgehead atoms.